The van der Waals surface area contributed by atoms with Crippen molar-refractivity contribution in [2.24, 2.45) is 0 Å². The zero-order chi connectivity index (χ0) is 13.1. The Morgan fingerprint density at radius 3 is 2.83 bits per heavy atom. The van der Waals surface area contributed by atoms with Crippen molar-refractivity contribution in [1.29, 1.82) is 0 Å². The average Bonchev–Trinajstić information content (AvgIpc) is 2.74. The van der Waals surface area contributed by atoms with Crippen molar-refractivity contribution in [2.75, 3.05) is 5.75 Å². The van der Waals surface area contributed by atoms with E-state index in [9.17, 15) is 9.59 Å². The van der Waals surface area contributed by atoms with Gasteiger partial charge in [-0.1, -0.05) is 6.42 Å². The first-order chi connectivity index (χ1) is 8.58. The SMILES string of the molecule is CC(=O)c1cc(C(=O)O)n(CC2CCCCS2)c1. The molecule has 1 atom stereocenters. The summed E-state index contributed by atoms with van der Waals surface area (Å²) in [6.07, 6.45) is 5.25. The molecule has 1 fully saturated rings. The number of rotatable bonds is 4. The summed E-state index contributed by atoms with van der Waals surface area (Å²) in [5.74, 6) is 0.0873. The van der Waals surface area contributed by atoms with Crippen LogP contribution in [0.1, 0.15) is 47.0 Å². The minimum Gasteiger partial charge on any atom is -0.477 e. The molecule has 1 aromatic heterocycles. The lowest BCUT2D eigenvalue weighted by Crippen LogP contribution is -2.19. The van der Waals surface area contributed by atoms with Gasteiger partial charge in [-0.3, -0.25) is 4.79 Å². The van der Waals surface area contributed by atoms with E-state index in [-0.39, 0.29) is 11.5 Å². The van der Waals surface area contributed by atoms with Gasteiger partial charge in [-0.2, -0.15) is 11.8 Å². The van der Waals surface area contributed by atoms with Crippen molar-refractivity contribution in [2.45, 2.75) is 38.0 Å². The highest BCUT2D eigenvalue weighted by Gasteiger charge is 2.19. The van der Waals surface area contributed by atoms with Gasteiger partial charge in [-0.25, -0.2) is 4.79 Å². The average molecular weight is 267 g/mol. The van der Waals surface area contributed by atoms with Crippen LogP contribution in [-0.4, -0.2) is 32.4 Å². The molecule has 1 aliphatic rings. The van der Waals surface area contributed by atoms with Crippen LogP contribution in [0.25, 0.3) is 0 Å². The van der Waals surface area contributed by atoms with Crippen LogP contribution in [0.4, 0.5) is 0 Å². The Hall–Kier alpha value is -1.23. The number of nitrogens with zero attached hydrogens (tertiary/aromatic N) is 1. The topological polar surface area (TPSA) is 59.3 Å². The van der Waals surface area contributed by atoms with Crippen LogP contribution < -0.4 is 0 Å². The number of thioether (sulfide) groups is 1. The Kier molecular flexibility index (Phi) is 4.11. The molecule has 0 spiro atoms. The lowest BCUT2D eigenvalue weighted by Gasteiger charge is -2.22. The Labute approximate surface area is 110 Å². The Bertz CT molecular complexity index is 461. The van der Waals surface area contributed by atoms with Crippen LogP contribution in [0.15, 0.2) is 12.3 Å². The van der Waals surface area contributed by atoms with Crippen molar-refractivity contribution in [3.8, 4) is 0 Å². The molecule has 1 N–H and O–H groups in total. The van der Waals surface area contributed by atoms with E-state index in [4.69, 9.17) is 5.11 Å². The predicted octanol–water partition coefficient (Wildman–Crippen LogP) is 2.67. The summed E-state index contributed by atoms with van der Waals surface area (Å²) in [6.45, 7) is 2.14. The van der Waals surface area contributed by atoms with Crippen molar-refractivity contribution < 1.29 is 14.7 Å². The van der Waals surface area contributed by atoms with Gasteiger partial charge in [-0.15, -0.1) is 0 Å². The highest BCUT2D eigenvalue weighted by Crippen LogP contribution is 2.27. The molecule has 0 bridgehead atoms. The molecule has 0 saturated carbocycles. The van der Waals surface area contributed by atoms with Crippen LogP contribution in [0.2, 0.25) is 0 Å². The minimum atomic E-state index is -0.969. The van der Waals surface area contributed by atoms with Crippen molar-refractivity contribution in [3.63, 3.8) is 0 Å². The summed E-state index contributed by atoms with van der Waals surface area (Å²) >= 11 is 1.90. The van der Waals surface area contributed by atoms with Gasteiger partial charge in [0.25, 0.3) is 0 Å². The largest absolute Gasteiger partial charge is 0.477 e. The number of aromatic carboxylic acids is 1. The Morgan fingerprint density at radius 2 is 2.28 bits per heavy atom. The molecule has 0 aliphatic carbocycles. The summed E-state index contributed by atoms with van der Waals surface area (Å²) in [7, 11) is 0. The van der Waals surface area contributed by atoms with E-state index in [1.54, 1.807) is 10.8 Å². The first kappa shape index (κ1) is 13.2. The van der Waals surface area contributed by atoms with Gasteiger partial charge < -0.3 is 9.67 Å². The van der Waals surface area contributed by atoms with Gasteiger partial charge in [0.15, 0.2) is 5.78 Å². The Morgan fingerprint density at radius 1 is 1.50 bits per heavy atom. The third-order valence-electron chi connectivity index (χ3n) is 3.20. The molecule has 5 heteroatoms. The second-order valence-electron chi connectivity index (χ2n) is 4.62. The van der Waals surface area contributed by atoms with Crippen LogP contribution in [0.5, 0.6) is 0 Å². The molecule has 0 aromatic carbocycles. The van der Waals surface area contributed by atoms with Gasteiger partial charge in [0.2, 0.25) is 0 Å². The van der Waals surface area contributed by atoms with E-state index in [1.807, 2.05) is 11.8 Å². The van der Waals surface area contributed by atoms with Gasteiger partial charge >= 0.3 is 5.97 Å². The number of ketones is 1. The lowest BCUT2D eigenvalue weighted by molar-refractivity contribution is 0.0685. The number of Topliss-reactive ketones (excluding diaryl/α,β-unsaturated/α-hetero) is 1. The standard InChI is InChI=1S/C13H17NO3S/c1-9(15)10-6-12(13(16)17)14(7-10)8-11-4-2-3-5-18-11/h6-7,11H,2-5,8H2,1H3,(H,16,17). The molecule has 2 rings (SSSR count). The smallest absolute Gasteiger partial charge is 0.352 e. The monoisotopic (exact) mass is 267 g/mol. The molecule has 0 radical (unpaired) electrons. The molecule has 0 amide bonds. The molecular weight excluding hydrogens is 250 g/mol. The first-order valence-corrected chi connectivity index (χ1v) is 7.19. The second-order valence-corrected chi connectivity index (χ2v) is 6.02. The summed E-state index contributed by atoms with van der Waals surface area (Å²) in [6, 6.07) is 1.47. The quantitative estimate of drug-likeness (QED) is 0.852. The highest BCUT2D eigenvalue weighted by atomic mass is 32.2. The van der Waals surface area contributed by atoms with Gasteiger partial charge in [0.05, 0.1) is 0 Å². The summed E-state index contributed by atoms with van der Waals surface area (Å²) in [5, 5.41) is 9.61. The van der Waals surface area contributed by atoms with Gasteiger partial charge in [-0.05, 0) is 31.6 Å². The van der Waals surface area contributed by atoms with Gasteiger partial charge in [0, 0.05) is 23.6 Å². The van der Waals surface area contributed by atoms with E-state index >= 15 is 0 Å². The molecule has 1 aromatic rings. The van der Waals surface area contributed by atoms with Crippen molar-refractivity contribution in [3.05, 3.63) is 23.5 Å². The lowest BCUT2D eigenvalue weighted by atomic mass is 10.2. The zero-order valence-electron chi connectivity index (χ0n) is 10.4. The number of hydrogen-bond donors (Lipinski definition) is 1. The molecule has 2 heterocycles. The fourth-order valence-corrected chi connectivity index (χ4v) is 3.51. The van der Waals surface area contributed by atoms with Gasteiger partial charge in [0.1, 0.15) is 5.69 Å². The summed E-state index contributed by atoms with van der Waals surface area (Å²) < 4.78 is 1.71. The fourth-order valence-electron chi connectivity index (χ4n) is 2.20. The van der Waals surface area contributed by atoms with Crippen molar-refractivity contribution >= 4 is 23.5 Å². The molecule has 1 aliphatic heterocycles. The predicted molar refractivity (Wildman–Crippen MR) is 71.5 cm³/mol. The molecule has 1 saturated heterocycles. The van der Waals surface area contributed by atoms with Crippen LogP contribution in [-0.2, 0) is 6.54 Å². The third-order valence-corrected chi connectivity index (χ3v) is 4.58. The van der Waals surface area contributed by atoms with E-state index in [0.717, 1.165) is 12.2 Å². The van der Waals surface area contributed by atoms with Crippen LogP contribution in [0.3, 0.4) is 0 Å². The number of carbonyl (C=O) groups excluding carboxylic acids is 1. The minimum absolute atomic E-state index is 0.0902. The van der Waals surface area contributed by atoms with Crippen molar-refractivity contribution in [1.82, 2.24) is 4.57 Å². The van der Waals surface area contributed by atoms with E-state index in [2.05, 4.69) is 0 Å². The zero-order valence-corrected chi connectivity index (χ0v) is 11.2. The highest BCUT2D eigenvalue weighted by molar-refractivity contribution is 7.99. The van der Waals surface area contributed by atoms with Crippen LogP contribution >= 0.6 is 11.8 Å². The molecule has 1 unspecified atom stereocenters. The number of aromatic nitrogens is 1. The maximum atomic E-state index is 11.3. The third kappa shape index (κ3) is 2.96. The van der Waals surface area contributed by atoms with Crippen LogP contribution in [0, 0.1) is 0 Å². The summed E-state index contributed by atoms with van der Waals surface area (Å²) in [5.41, 5.74) is 0.694. The number of carbonyl (C=O) groups is 2. The molecule has 98 valence electrons. The summed E-state index contributed by atoms with van der Waals surface area (Å²) in [4.78, 5) is 22.5. The molecular formula is C13H17NO3S. The maximum absolute atomic E-state index is 11.3. The second kappa shape index (κ2) is 5.61. The fraction of sp³-hybridized carbons (Fsp3) is 0.538. The van der Waals surface area contributed by atoms with E-state index in [1.165, 1.54) is 25.8 Å². The number of carboxylic acids is 1. The number of carboxylic acid groups (broad SMARTS) is 1. The first-order valence-electron chi connectivity index (χ1n) is 6.14. The number of hydrogen-bond acceptors (Lipinski definition) is 3. The van der Waals surface area contributed by atoms with E-state index < -0.39 is 5.97 Å². The van der Waals surface area contributed by atoms with E-state index in [0.29, 0.717) is 17.4 Å². The Balaban J connectivity index is 2.19. The normalized spacial score (nSPS) is 19.7. The maximum Gasteiger partial charge on any atom is 0.352 e. The molecule has 4 nitrogen and oxygen atoms in total. The molecule has 18 heavy (non-hydrogen) atoms.